The largest absolute Gasteiger partial charge is 0.481 e. The van der Waals surface area contributed by atoms with Crippen LogP contribution < -0.4 is 0 Å². The van der Waals surface area contributed by atoms with Gasteiger partial charge < -0.3 is 9.84 Å². The van der Waals surface area contributed by atoms with E-state index in [1.165, 1.54) is 0 Å². The lowest BCUT2D eigenvalue weighted by atomic mass is 9.64. The molecule has 1 aliphatic rings. The topological polar surface area (TPSA) is 46.5 Å². The third-order valence-electron chi connectivity index (χ3n) is 3.59. The van der Waals surface area contributed by atoms with Gasteiger partial charge in [0.2, 0.25) is 0 Å². The normalized spacial score (nSPS) is 29.6. The Kier molecular flexibility index (Phi) is 4.16. The molecule has 1 rings (SSSR count). The molecule has 0 radical (unpaired) electrons. The first-order valence-electron chi connectivity index (χ1n) is 6.77. The second-order valence-corrected chi connectivity index (χ2v) is 8.18. The average Bonchev–Trinajstić information content (AvgIpc) is 2.43. The minimum atomic E-state index is -0.703. The minimum Gasteiger partial charge on any atom is -0.481 e. The summed E-state index contributed by atoms with van der Waals surface area (Å²) in [6.45, 7) is 13.7. The van der Waals surface area contributed by atoms with Crippen molar-refractivity contribution in [3.05, 3.63) is 0 Å². The van der Waals surface area contributed by atoms with Gasteiger partial charge in [-0.3, -0.25) is 4.79 Å². The Balaban J connectivity index is 2.98. The van der Waals surface area contributed by atoms with Gasteiger partial charge in [-0.05, 0) is 23.7 Å². The lowest BCUT2D eigenvalue weighted by molar-refractivity contribution is -0.154. The van der Waals surface area contributed by atoms with E-state index >= 15 is 0 Å². The van der Waals surface area contributed by atoms with Crippen LogP contribution in [0.15, 0.2) is 0 Å². The molecule has 1 saturated heterocycles. The van der Waals surface area contributed by atoms with Crippen molar-refractivity contribution in [1.82, 2.24) is 0 Å². The molecule has 1 heterocycles. The molecule has 0 aromatic rings. The number of ether oxygens (including phenoxy) is 1. The second kappa shape index (κ2) is 4.84. The Bertz CT molecular complexity index is 309. The van der Waals surface area contributed by atoms with Crippen molar-refractivity contribution in [2.45, 2.75) is 54.4 Å². The Labute approximate surface area is 111 Å². The van der Waals surface area contributed by atoms with Gasteiger partial charge in [0.05, 0.1) is 18.6 Å². The van der Waals surface area contributed by atoms with E-state index in [9.17, 15) is 9.90 Å². The molecule has 0 aliphatic carbocycles. The molecule has 18 heavy (non-hydrogen) atoms. The smallest absolute Gasteiger partial charge is 0.312 e. The van der Waals surface area contributed by atoms with Crippen LogP contribution in [0.25, 0.3) is 0 Å². The van der Waals surface area contributed by atoms with Crippen LogP contribution in [0.5, 0.6) is 0 Å². The minimum absolute atomic E-state index is 0.00221. The second-order valence-electron chi connectivity index (χ2n) is 8.18. The Hall–Kier alpha value is -0.570. The molecular formula is C15H28O3. The number of carboxylic acid groups (broad SMARTS) is 1. The molecular weight excluding hydrogens is 228 g/mol. The number of carboxylic acids is 1. The summed E-state index contributed by atoms with van der Waals surface area (Å²) in [6, 6.07) is 0. The highest BCUT2D eigenvalue weighted by molar-refractivity contribution is 5.75. The number of rotatable bonds is 3. The highest BCUT2D eigenvalue weighted by atomic mass is 16.5. The molecule has 0 bridgehead atoms. The highest BCUT2D eigenvalue weighted by Crippen LogP contribution is 2.48. The van der Waals surface area contributed by atoms with Gasteiger partial charge in [0.15, 0.2) is 0 Å². The third kappa shape index (κ3) is 3.71. The molecule has 0 spiro atoms. The molecule has 2 atom stereocenters. The van der Waals surface area contributed by atoms with Gasteiger partial charge in [-0.1, -0.05) is 41.5 Å². The van der Waals surface area contributed by atoms with Gasteiger partial charge in [0.1, 0.15) is 0 Å². The van der Waals surface area contributed by atoms with Crippen molar-refractivity contribution in [2.75, 3.05) is 13.2 Å². The van der Waals surface area contributed by atoms with E-state index in [-0.39, 0.29) is 16.7 Å². The van der Waals surface area contributed by atoms with Crippen LogP contribution in [0.3, 0.4) is 0 Å². The van der Waals surface area contributed by atoms with Crippen LogP contribution in [0.4, 0.5) is 0 Å². The van der Waals surface area contributed by atoms with Crippen molar-refractivity contribution in [1.29, 1.82) is 0 Å². The standard InChI is InChI=1S/C15H28O3/c1-13(2,3)7-11-8-18-10-15(11,12(16)17)9-14(4,5)6/h11H,7-10H2,1-6H3,(H,16,17). The molecule has 1 N–H and O–H groups in total. The quantitative estimate of drug-likeness (QED) is 0.839. The molecule has 106 valence electrons. The van der Waals surface area contributed by atoms with Crippen LogP contribution >= 0.6 is 0 Å². The predicted molar refractivity (Wildman–Crippen MR) is 72.5 cm³/mol. The fourth-order valence-electron chi connectivity index (χ4n) is 3.11. The van der Waals surface area contributed by atoms with Crippen LogP contribution in [0, 0.1) is 22.2 Å². The van der Waals surface area contributed by atoms with Gasteiger partial charge in [-0.15, -0.1) is 0 Å². The van der Waals surface area contributed by atoms with Crippen LogP contribution in [0.2, 0.25) is 0 Å². The summed E-state index contributed by atoms with van der Waals surface area (Å²) in [4.78, 5) is 11.8. The summed E-state index contributed by atoms with van der Waals surface area (Å²) >= 11 is 0. The summed E-state index contributed by atoms with van der Waals surface area (Å²) in [7, 11) is 0. The number of aliphatic carboxylic acids is 1. The van der Waals surface area contributed by atoms with E-state index in [1.54, 1.807) is 0 Å². The van der Waals surface area contributed by atoms with Gasteiger partial charge in [-0.2, -0.15) is 0 Å². The molecule has 3 heteroatoms. The zero-order valence-electron chi connectivity index (χ0n) is 12.7. The van der Waals surface area contributed by atoms with Crippen LogP contribution in [-0.2, 0) is 9.53 Å². The summed E-state index contributed by atoms with van der Waals surface area (Å²) in [5.41, 5.74) is -0.565. The zero-order chi connectivity index (χ0) is 14.2. The molecule has 0 aromatic heterocycles. The first kappa shape index (κ1) is 15.5. The maximum Gasteiger partial charge on any atom is 0.312 e. The number of hydrogen-bond donors (Lipinski definition) is 1. The Morgan fingerprint density at radius 3 is 2.17 bits per heavy atom. The lowest BCUT2D eigenvalue weighted by Gasteiger charge is -2.37. The lowest BCUT2D eigenvalue weighted by Crippen LogP contribution is -2.42. The van der Waals surface area contributed by atoms with Gasteiger partial charge >= 0.3 is 5.97 Å². The van der Waals surface area contributed by atoms with Gasteiger partial charge in [-0.25, -0.2) is 0 Å². The molecule has 2 unspecified atom stereocenters. The first-order chi connectivity index (χ1) is 7.96. The van der Waals surface area contributed by atoms with Crippen molar-refractivity contribution >= 4 is 5.97 Å². The average molecular weight is 256 g/mol. The van der Waals surface area contributed by atoms with Crippen molar-refractivity contribution in [3.63, 3.8) is 0 Å². The molecule has 1 fully saturated rings. The summed E-state index contributed by atoms with van der Waals surface area (Å²) in [5, 5.41) is 9.71. The fraction of sp³-hybridized carbons (Fsp3) is 0.933. The van der Waals surface area contributed by atoms with E-state index < -0.39 is 11.4 Å². The Morgan fingerprint density at radius 1 is 1.22 bits per heavy atom. The van der Waals surface area contributed by atoms with Gasteiger partial charge in [0, 0.05) is 5.92 Å². The maximum absolute atomic E-state index is 11.8. The first-order valence-corrected chi connectivity index (χ1v) is 6.77. The van der Waals surface area contributed by atoms with E-state index in [0.29, 0.717) is 19.6 Å². The third-order valence-corrected chi connectivity index (χ3v) is 3.59. The summed E-state index contributed by atoms with van der Waals surface area (Å²) in [5.74, 6) is -0.571. The molecule has 0 amide bonds. The van der Waals surface area contributed by atoms with E-state index in [0.717, 1.165) is 6.42 Å². The summed E-state index contributed by atoms with van der Waals surface area (Å²) in [6.07, 6.45) is 1.57. The zero-order valence-corrected chi connectivity index (χ0v) is 12.7. The van der Waals surface area contributed by atoms with Crippen molar-refractivity contribution in [2.24, 2.45) is 22.2 Å². The van der Waals surface area contributed by atoms with Crippen molar-refractivity contribution in [3.8, 4) is 0 Å². The number of hydrogen-bond acceptors (Lipinski definition) is 2. The SMILES string of the molecule is CC(C)(C)CC1COCC1(CC(C)(C)C)C(=O)O. The summed E-state index contributed by atoms with van der Waals surface area (Å²) < 4.78 is 5.55. The highest BCUT2D eigenvalue weighted by Gasteiger charge is 2.52. The van der Waals surface area contributed by atoms with E-state index in [1.807, 2.05) is 0 Å². The van der Waals surface area contributed by atoms with E-state index in [2.05, 4.69) is 41.5 Å². The van der Waals surface area contributed by atoms with Crippen LogP contribution in [0.1, 0.15) is 54.4 Å². The maximum atomic E-state index is 11.8. The van der Waals surface area contributed by atoms with Gasteiger partial charge in [0.25, 0.3) is 0 Å². The predicted octanol–water partition coefficient (Wildman–Crippen LogP) is 3.58. The molecule has 3 nitrogen and oxygen atoms in total. The fourth-order valence-corrected chi connectivity index (χ4v) is 3.11. The monoisotopic (exact) mass is 256 g/mol. The van der Waals surface area contributed by atoms with E-state index in [4.69, 9.17) is 4.74 Å². The van der Waals surface area contributed by atoms with Crippen LogP contribution in [-0.4, -0.2) is 24.3 Å². The Morgan fingerprint density at radius 2 is 1.78 bits per heavy atom. The number of carbonyl (C=O) groups is 1. The molecule has 0 saturated carbocycles. The van der Waals surface area contributed by atoms with Crippen molar-refractivity contribution < 1.29 is 14.6 Å². The molecule has 0 aromatic carbocycles. The molecule has 1 aliphatic heterocycles.